The van der Waals surface area contributed by atoms with Gasteiger partial charge in [0, 0.05) is 17.7 Å². The third-order valence-electron chi connectivity index (χ3n) is 1.73. The van der Waals surface area contributed by atoms with Crippen molar-refractivity contribution in [1.82, 2.24) is 0 Å². The molecule has 1 radical (unpaired) electrons. The van der Waals surface area contributed by atoms with Gasteiger partial charge >= 0.3 is 0 Å². The zero-order valence-electron chi connectivity index (χ0n) is 8.39. The number of ether oxygens (including phenoxy) is 2. The summed E-state index contributed by atoms with van der Waals surface area (Å²) in [6.07, 6.45) is 2.19. The van der Waals surface area contributed by atoms with Crippen LogP contribution in [0.2, 0.25) is 0 Å². The summed E-state index contributed by atoms with van der Waals surface area (Å²) in [4.78, 5) is 9.63. The second kappa shape index (κ2) is 4.99. The van der Waals surface area contributed by atoms with Crippen molar-refractivity contribution < 1.29 is 14.4 Å². The molecular weight excluding hydrogens is 198 g/mol. The molecule has 0 amide bonds. The zero-order valence-corrected chi connectivity index (χ0v) is 8.39. The number of nitrogens with zero attached hydrogens (tertiary/aromatic N) is 1. The van der Waals surface area contributed by atoms with Gasteiger partial charge in [-0.2, -0.15) is 0 Å². The smallest absolute Gasteiger partial charge is 0.235 e. The van der Waals surface area contributed by atoms with E-state index in [4.69, 9.17) is 9.47 Å². The number of hydrogen-bond donors (Lipinski definition) is 0. The summed E-state index contributed by atoms with van der Waals surface area (Å²) < 4.78 is 9.96. The van der Waals surface area contributed by atoms with Crippen LogP contribution in [0.25, 0.3) is 6.08 Å². The normalized spacial score (nSPS) is 10.3. The molecule has 0 bridgehead atoms. The molecule has 0 N–H and O–H groups in total. The first-order valence-corrected chi connectivity index (χ1v) is 4.12. The summed E-state index contributed by atoms with van der Waals surface area (Å²) in [5.41, 5.74) is 0.574. The Kier molecular flexibility index (Phi) is 3.68. The van der Waals surface area contributed by atoms with Crippen LogP contribution < -0.4 is 9.47 Å². The van der Waals surface area contributed by atoms with E-state index < -0.39 is 4.92 Å². The number of nitro groups is 1. The van der Waals surface area contributed by atoms with Gasteiger partial charge in [-0.05, 0) is 12.1 Å². The Labute approximate surface area is 87.1 Å². The first-order valence-electron chi connectivity index (χ1n) is 4.12. The van der Waals surface area contributed by atoms with Gasteiger partial charge in [0.1, 0.15) is 11.5 Å². The van der Waals surface area contributed by atoms with Crippen LogP contribution in [0.4, 0.5) is 0 Å². The molecule has 0 spiro atoms. The van der Waals surface area contributed by atoms with Crippen molar-refractivity contribution in [2.45, 2.75) is 0 Å². The molecule has 0 fully saturated rings. The Morgan fingerprint density at radius 3 is 2.73 bits per heavy atom. The summed E-state index contributed by atoms with van der Waals surface area (Å²) in [5.74, 6) is 1.01. The van der Waals surface area contributed by atoms with Crippen LogP contribution in [-0.4, -0.2) is 19.1 Å². The van der Waals surface area contributed by atoms with E-state index in [-0.39, 0.29) is 0 Å². The average molecular weight is 208 g/mol. The molecule has 0 unspecified atom stereocenters. The van der Waals surface area contributed by atoms with Crippen LogP contribution in [0.3, 0.4) is 0 Å². The van der Waals surface area contributed by atoms with E-state index in [1.54, 1.807) is 12.1 Å². The highest BCUT2D eigenvalue weighted by Crippen LogP contribution is 2.24. The highest BCUT2D eigenvalue weighted by Gasteiger charge is 2.03. The summed E-state index contributed by atoms with van der Waals surface area (Å²) in [5, 5.41) is 10.2. The van der Waals surface area contributed by atoms with Crippen molar-refractivity contribution in [2.75, 3.05) is 14.2 Å². The van der Waals surface area contributed by atoms with E-state index >= 15 is 0 Å². The van der Waals surface area contributed by atoms with E-state index in [0.29, 0.717) is 17.1 Å². The van der Waals surface area contributed by atoms with Gasteiger partial charge in [-0.1, -0.05) is 0 Å². The molecule has 0 atom stereocenters. The SMILES string of the molecule is COc1[c]cc(OC)c(C=C[N+](=O)[O-])c1. The zero-order chi connectivity index (χ0) is 11.3. The largest absolute Gasteiger partial charge is 0.496 e. The molecule has 5 nitrogen and oxygen atoms in total. The fraction of sp³-hybridized carbons (Fsp3) is 0.200. The standard InChI is InChI=1S/C10H10NO4/c1-14-9-3-4-10(15-2)8(7-9)5-6-11(12)13/h4-7H,1-2H3. The number of rotatable bonds is 4. The summed E-state index contributed by atoms with van der Waals surface area (Å²) >= 11 is 0. The summed E-state index contributed by atoms with van der Waals surface area (Å²) in [6.45, 7) is 0. The lowest BCUT2D eigenvalue weighted by Gasteiger charge is -2.05. The van der Waals surface area contributed by atoms with Crippen LogP contribution in [0.5, 0.6) is 11.5 Å². The van der Waals surface area contributed by atoms with Crippen molar-refractivity contribution in [2.24, 2.45) is 0 Å². The Bertz CT molecular complexity index is 387. The summed E-state index contributed by atoms with van der Waals surface area (Å²) in [6, 6.07) is 5.99. The van der Waals surface area contributed by atoms with Crippen molar-refractivity contribution in [3.8, 4) is 11.5 Å². The fourth-order valence-electron chi connectivity index (χ4n) is 1.04. The van der Waals surface area contributed by atoms with Crippen molar-refractivity contribution in [3.05, 3.63) is 40.1 Å². The van der Waals surface area contributed by atoms with Crippen molar-refractivity contribution in [1.29, 1.82) is 0 Å². The molecule has 1 rings (SSSR count). The number of benzene rings is 1. The maximum absolute atomic E-state index is 10.2. The lowest BCUT2D eigenvalue weighted by molar-refractivity contribution is -0.400. The lowest BCUT2D eigenvalue weighted by Crippen LogP contribution is -1.90. The van der Waals surface area contributed by atoms with Gasteiger partial charge in [0.25, 0.3) is 0 Å². The minimum absolute atomic E-state index is 0.499. The molecule has 15 heavy (non-hydrogen) atoms. The molecule has 0 aromatic heterocycles. The van der Waals surface area contributed by atoms with Crippen LogP contribution in [0, 0.1) is 16.2 Å². The van der Waals surface area contributed by atoms with E-state index in [0.717, 1.165) is 6.20 Å². The molecule has 0 aliphatic carbocycles. The molecule has 0 heterocycles. The minimum Gasteiger partial charge on any atom is -0.496 e. The molecule has 0 aliphatic rings. The number of methoxy groups -OCH3 is 2. The van der Waals surface area contributed by atoms with Gasteiger partial charge in [0.2, 0.25) is 6.20 Å². The molecule has 1 aromatic carbocycles. The predicted octanol–water partition coefficient (Wildman–Crippen LogP) is 1.75. The van der Waals surface area contributed by atoms with Crippen LogP contribution in [-0.2, 0) is 0 Å². The monoisotopic (exact) mass is 208 g/mol. The second-order valence-corrected chi connectivity index (χ2v) is 2.63. The molecule has 0 saturated carbocycles. The van der Waals surface area contributed by atoms with Gasteiger partial charge in [0.15, 0.2) is 0 Å². The predicted molar refractivity (Wildman–Crippen MR) is 54.4 cm³/mol. The molecule has 79 valence electrons. The second-order valence-electron chi connectivity index (χ2n) is 2.63. The molecular formula is C10H10NO4. The average Bonchev–Trinajstić information content (AvgIpc) is 2.25. The molecule has 0 aliphatic heterocycles. The van der Waals surface area contributed by atoms with Crippen molar-refractivity contribution in [3.63, 3.8) is 0 Å². The van der Waals surface area contributed by atoms with Gasteiger partial charge in [-0.3, -0.25) is 10.1 Å². The van der Waals surface area contributed by atoms with Crippen LogP contribution in [0.1, 0.15) is 5.56 Å². The highest BCUT2D eigenvalue weighted by molar-refractivity contribution is 5.58. The van der Waals surface area contributed by atoms with Crippen LogP contribution in [0.15, 0.2) is 18.3 Å². The Morgan fingerprint density at radius 2 is 2.20 bits per heavy atom. The van der Waals surface area contributed by atoms with E-state index in [9.17, 15) is 10.1 Å². The molecule has 5 heteroatoms. The maximum Gasteiger partial charge on any atom is 0.235 e. The van der Waals surface area contributed by atoms with Crippen LogP contribution >= 0.6 is 0 Å². The molecule has 1 aromatic rings. The van der Waals surface area contributed by atoms with E-state index in [1.165, 1.54) is 20.3 Å². The Balaban J connectivity index is 3.06. The number of hydrogen-bond acceptors (Lipinski definition) is 4. The first-order chi connectivity index (χ1) is 7.17. The van der Waals surface area contributed by atoms with Gasteiger partial charge in [0.05, 0.1) is 19.1 Å². The Hall–Kier alpha value is -2.04. The Morgan fingerprint density at radius 1 is 1.47 bits per heavy atom. The van der Waals surface area contributed by atoms with Crippen molar-refractivity contribution >= 4 is 6.08 Å². The third kappa shape index (κ3) is 2.98. The van der Waals surface area contributed by atoms with Gasteiger partial charge < -0.3 is 9.47 Å². The maximum atomic E-state index is 10.2. The summed E-state index contributed by atoms with van der Waals surface area (Å²) in [7, 11) is 2.98. The lowest BCUT2D eigenvalue weighted by atomic mass is 10.2. The van der Waals surface area contributed by atoms with E-state index in [1.807, 2.05) is 0 Å². The topological polar surface area (TPSA) is 61.6 Å². The van der Waals surface area contributed by atoms with Gasteiger partial charge in [-0.25, -0.2) is 0 Å². The first kappa shape index (κ1) is 11.0. The minimum atomic E-state index is -0.539. The molecule has 0 saturated heterocycles. The van der Waals surface area contributed by atoms with Gasteiger partial charge in [-0.15, -0.1) is 0 Å². The highest BCUT2D eigenvalue weighted by atomic mass is 16.6. The quantitative estimate of drug-likeness (QED) is 0.558. The third-order valence-corrected chi connectivity index (χ3v) is 1.73. The van der Waals surface area contributed by atoms with E-state index in [2.05, 4.69) is 6.07 Å². The fourth-order valence-corrected chi connectivity index (χ4v) is 1.04.